The van der Waals surface area contributed by atoms with Crippen LogP contribution in [0.25, 0.3) is 5.69 Å². The molecular weight excluding hydrogens is 580 g/mol. The average molecular weight is 610 g/mol. The molecule has 2 aromatic carbocycles. The highest BCUT2D eigenvalue weighted by atomic mass is 35.5. The van der Waals surface area contributed by atoms with Gasteiger partial charge in [0.05, 0.1) is 29.9 Å². The minimum absolute atomic E-state index is 0.0142. The van der Waals surface area contributed by atoms with Crippen LogP contribution in [-0.2, 0) is 15.8 Å². The molecule has 0 unspecified atom stereocenters. The zero-order valence-electron chi connectivity index (χ0n) is 22.3. The quantitative estimate of drug-likeness (QED) is 0.344. The Balaban J connectivity index is 1.33. The van der Waals surface area contributed by atoms with Crippen LogP contribution in [0, 0.1) is 5.41 Å². The number of nitrogens with two attached hydrogens (primary N) is 1. The van der Waals surface area contributed by atoms with E-state index in [1.54, 1.807) is 30.5 Å². The number of nitrogen functional groups attached to an aromatic ring is 1. The molecule has 3 aromatic rings. The number of hydrogen-bond donors (Lipinski definition) is 1. The molecule has 0 radical (unpaired) electrons. The highest BCUT2D eigenvalue weighted by Crippen LogP contribution is 2.45. The van der Waals surface area contributed by atoms with Gasteiger partial charge in [0.1, 0.15) is 11.4 Å². The van der Waals surface area contributed by atoms with Crippen molar-refractivity contribution in [3.05, 3.63) is 69.6 Å². The number of nitrogens with zero attached hydrogens (tertiary/aromatic N) is 4. The maximum atomic E-state index is 13.6. The van der Waals surface area contributed by atoms with Crippen LogP contribution in [0.3, 0.4) is 0 Å². The fourth-order valence-corrected chi connectivity index (χ4v) is 6.25. The lowest BCUT2D eigenvalue weighted by Crippen LogP contribution is -2.49. The molecule has 0 spiro atoms. The van der Waals surface area contributed by atoms with E-state index >= 15 is 0 Å². The Kier molecular flexibility index (Phi) is 8.13. The predicted octanol–water partition coefficient (Wildman–Crippen LogP) is 3.90. The van der Waals surface area contributed by atoms with Gasteiger partial charge < -0.3 is 20.1 Å². The van der Waals surface area contributed by atoms with Gasteiger partial charge in [0.2, 0.25) is 15.8 Å². The maximum absolute atomic E-state index is 13.6. The van der Waals surface area contributed by atoms with E-state index in [-0.39, 0.29) is 54.3 Å². The van der Waals surface area contributed by atoms with Gasteiger partial charge in [-0.1, -0.05) is 30.7 Å². The molecule has 2 N–H and O–H groups in total. The molecule has 2 fully saturated rings. The van der Waals surface area contributed by atoms with Gasteiger partial charge >= 0.3 is 12.2 Å². The van der Waals surface area contributed by atoms with E-state index in [2.05, 4.69) is 16.8 Å². The largest absolute Gasteiger partial charge is 0.486 e. The zero-order valence-corrected chi connectivity index (χ0v) is 23.9. The standard InChI is InChI=1S/C27H30ClF2N5O5S/c1-27(7-8-27)17-39-24-22(15-32-35(25(24)36)20-4-2-3-19(28)14-20)33-9-11-34(12-10-33)41(37,38)16-18-5-6-21(31)23(13-18)40-26(29)30/h2-6,13-15,26H,7-12,16-17,31H2,1H3. The Bertz CT molecular complexity index is 1590. The van der Waals surface area contributed by atoms with E-state index in [4.69, 9.17) is 22.1 Å². The first-order valence-corrected chi connectivity index (χ1v) is 15.0. The number of piperazine rings is 1. The molecule has 1 aliphatic carbocycles. The van der Waals surface area contributed by atoms with Gasteiger partial charge in [-0.2, -0.15) is 22.9 Å². The molecule has 10 nitrogen and oxygen atoms in total. The number of anilines is 2. The number of ether oxygens (including phenoxy) is 2. The second kappa shape index (κ2) is 11.5. The molecule has 220 valence electrons. The highest BCUT2D eigenvalue weighted by Gasteiger charge is 2.39. The lowest BCUT2D eigenvalue weighted by Gasteiger charge is -2.35. The molecule has 41 heavy (non-hydrogen) atoms. The topological polar surface area (TPSA) is 120 Å². The van der Waals surface area contributed by atoms with Crippen LogP contribution in [0.1, 0.15) is 25.3 Å². The average Bonchev–Trinajstić information content (AvgIpc) is 3.66. The van der Waals surface area contributed by atoms with Crippen LogP contribution >= 0.6 is 11.6 Å². The van der Waals surface area contributed by atoms with E-state index in [1.807, 2.05) is 4.90 Å². The Labute approximate surface area is 241 Å². The van der Waals surface area contributed by atoms with E-state index in [9.17, 15) is 22.0 Å². The number of hydrogen-bond acceptors (Lipinski definition) is 8. The summed E-state index contributed by atoms with van der Waals surface area (Å²) in [5, 5.41) is 4.82. The number of sulfonamides is 1. The summed E-state index contributed by atoms with van der Waals surface area (Å²) in [7, 11) is -3.79. The summed E-state index contributed by atoms with van der Waals surface area (Å²) in [5.74, 6) is -0.528. The summed E-state index contributed by atoms with van der Waals surface area (Å²) in [5.41, 5.74) is 6.49. The van der Waals surface area contributed by atoms with E-state index in [0.29, 0.717) is 23.0 Å². The smallest absolute Gasteiger partial charge is 0.387 e. The van der Waals surface area contributed by atoms with Crippen molar-refractivity contribution >= 4 is 33.0 Å². The summed E-state index contributed by atoms with van der Waals surface area (Å²) in [4.78, 5) is 15.4. The first-order chi connectivity index (χ1) is 19.4. The lowest BCUT2D eigenvalue weighted by atomic mass is 10.2. The molecule has 0 atom stereocenters. The second-order valence-electron chi connectivity index (χ2n) is 10.5. The number of halogens is 3. The summed E-state index contributed by atoms with van der Waals surface area (Å²) in [6, 6.07) is 10.8. The molecule has 1 saturated heterocycles. The molecule has 1 aromatic heterocycles. The van der Waals surface area contributed by atoms with Gasteiger partial charge in [0, 0.05) is 36.6 Å². The zero-order chi connectivity index (χ0) is 29.4. The minimum Gasteiger partial charge on any atom is -0.486 e. The Morgan fingerprint density at radius 3 is 2.51 bits per heavy atom. The molecule has 1 aliphatic heterocycles. The van der Waals surface area contributed by atoms with Gasteiger partial charge in [-0.15, -0.1) is 0 Å². The normalized spacial score (nSPS) is 17.0. The van der Waals surface area contributed by atoms with Crippen LogP contribution in [0.15, 0.2) is 53.5 Å². The van der Waals surface area contributed by atoms with E-state index < -0.39 is 27.9 Å². The molecule has 0 bridgehead atoms. The summed E-state index contributed by atoms with van der Waals surface area (Å²) in [6.07, 6.45) is 3.57. The fraction of sp³-hybridized carbons (Fsp3) is 0.407. The van der Waals surface area contributed by atoms with Crippen molar-refractivity contribution in [3.63, 3.8) is 0 Å². The SMILES string of the molecule is CC1(COc2c(N3CCN(S(=O)(=O)Cc4ccc(N)c(OC(F)F)c4)CC3)cnn(-c3cccc(Cl)c3)c2=O)CC1. The molecule has 2 heterocycles. The van der Waals surface area contributed by atoms with Crippen molar-refractivity contribution in [1.29, 1.82) is 0 Å². The minimum atomic E-state index is -3.79. The van der Waals surface area contributed by atoms with Crippen molar-refractivity contribution in [3.8, 4) is 17.2 Å². The highest BCUT2D eigenvalue weighted by molar-refractivity contribution is 7.88. The summed E-state index contributed by atoms with van der Waals surface area (Å²) < 4.78 is 64.8. The molecule has 14 heteroatoms. The van der Waals surface area contributed by atoms with E-state index in [1.165, 1.54) is 27.2 Å². The van der Waals surface area contributed by atoms with Gasteiger partial charge in [-0.25, -0.2) is 8.42 Å². The van der Waals surface area contributed by atoms with Gasteiger partial charge in [0.15, 0.2) is 0 Å². The van der Waals surface area contributed by atoms with Crippen LogP contribution in [0.4, 0.5) is 20.2 Å². The maximum Gasteiger partial charge on any atom is 0.387 e. The first kappa shape index (κ1) is 29.1. The second-order valence-corrected chi connectivity index (χ2v) is 13.0. The van der Waals surface area contributed by atoms with Crippen molar-refractivity contribution in [2.45, 2.75) is 32.1 Å². The Morgan fingerprint density at radius 2 is 1.85 bits per heavy atom. The molecule has 2 aliphatic rings. The van der Waals surface area contributed by atoms with Crippen molar-refractivity contribution in [2.75, 3.05) is 43.4 Å². The predicted molar refractivity (Wildman–Crippen MR) is 152 cm³/mol. The first-order valence-electron chi connectivity index (χ1n) is 13.0. The Morgan fingerprint density at radius 1 is 1.12 bits per heavy atom. The Hall–Kier alpha value is -3.42. The lowest BCUT2D eigenvalue weighted by molar-refractivity contribution is -0.0493. The number of rotatable bonds is 10. The molecule has 5 rings (SSSR count). The number of aromatic nitrogens is 2. The van der Waals surface area contributed by atoms with Crippen LogP contribution in [0.5, 0.6) is 11.5 Å². The monoisotopic (exact) mass is 609 g/mol. The van der Waals surface area contributed by atoms with Crippen molar-refractivity contribution in [2.24, 2.45) is 5.41 Å². The van der Waals surface area contributed by atoms with Gasteiger partial charge in [-0.05, 0) is 48.7 Å². The third-order valence-electron chi connectivity index (χ3n) is 7.25. The van der Waals surface area contributed by atoms with Crippen molar-refractivity contribution < 1.29 is 26.7 Å². The van der Waals surface area contributed by atoms with Gasteiger partial charge in [0.25, 0.3) is 0 Å². The van der Waals surface area contributed by atoms with Gasteiger partial charge in [-0.3, -0.25) is 4.79 Å². The number of alkyl halides is 2. The van der Waals surface area contributed by atoms with Crippen LogP contribution < -0.4 is 25.7 Å². The summed E-state index contributed by atoms with van der Waals surface area (Å²) >= 11 is 6.13. The third kappa shape index (κ3) is 6.74. The summed E-state index contributed by atoms with van der Waals surface area (Å²) in [6.45, 7) is 0.255. The fourth-order valence-electron chi connectivity index (χ4n) is 4.56. The van der Waals surface area contributed by atoms with E-state index in [0.717, 1.165) is 12.8 Å². The number of benzene rings is 2. The third-order valence-corrected chi connectivity index (χ3v) is 9.34. The van der Waals surface area contributed by atoms with Crippen LogP contribution in [0.2, 0.25) is 5.02 Å². The molecule has 0 amide bonds. The molecule has 1 saturated carbocycles. The van der Waals surface area contributed by atoms with Crippen molar-refractivity contribution in [1.82, 2.24) is 14.1 Å². The van der Waals surface area contributed by atoms with Crippen LogP contribution in [-0.4, -0.2) is 61.9 Å². The molecular formula is C27H30ClF2N5O5S.